The number of nitrogens with two attached hydrogens (primary N) is 1. The first-order valence-electron chi connectivity index (χ1n) is 8.18. The van der Waals surface area contributed by atoms with Gasteiger partial charge in [0.25, 0.3) is 0 Å². The van der Waals surface area contributed by atoms with Crippen LogP contribution in [-0.2, 0) is 0 Å². The molecule has 0 atom stereocenters. The maximum atomic E-state index is 9.59. The molecule has 0 bridgehead atoms. The summed E-state index contributed by atoms with van der Waals surface area (Å²) in [7, 11) is 3.20. The second kappa shape index (κ2) is 8.02. The lowest BCUT2D eigenvalue weighted by Crippen LogP contribution is -2.01. The van der Waals surface area contributed by atoms with E-state index in [0.29, 0.717) is 22.8 Å². The van der Waals surface area contributed by atoms with Gasteiger partial charge in [-0.25, -0.2) is 4.98 Å². The molecule has 136 valence electrons. The Morgan fingerprint density at radius 3 is 2.33 bits per heavy atom. The van der Waals surface area contributed by atoms with Crippen LogP contribution in [0.4, 0.5) is 5.82 Å². The third-order valence-corrected chi connectivity index (χ3v) is 4.99. The molecule has 0 aliphatic carbocycles. The van der Waals surface area contributed by atoms with Crippen LogP contribution in [0.25, 0.3) is 22.4 Å². The maximum Gasteiger partial charge on any atom is 0.142 e. The predicted molar refractivity (Wildman–Crippen MR) is 109 cm³/mol. The standard InChI is InChI=1S/C21H19N3O2S/c1-25-14-6-9-20(26-2)17(10-14)19-11-16(18(12-22)21(23)24-19)13-4-7-15(27-3)8-5-13/h4-11H,1-3H3,(H2,23,24). The number of benzene rings is 2. The van der Waals surface area contributed by atoms with Crippen LogP contribution in [0.15, 0.2) is 53.4 Å². The maximum absolute atomic E-state index is 9.59. The lowest BCUT2D eigenvalue weighted by atomic mass is 9.98. The van der Waals surface area contributed by atoms with E-state index in [4.69, 9.17) is 15.2 Å². The van der Waals surface area contributed by atoms with E-state index in [1.807, 2.05) is 54.8 Å². The number of hydrogen-bond acceptors (Lipinski definition) is 6. The number of aromatic nitrogens is 1. The Morgan fingerprint density at radius 2 is 1.74 bits per heavy atom. The van der Waals surface area contributed by atoms with Crippen LogP contribution in [0.1, 0.15) is 5.56 Å². The average Bonchev–Trinajstić information content (AvgIpc) is 2.72. The van der Waals surface area contributed by atoms with E-state index in [1.54, 1.807) is 26.0 Å². The molecule has 1 heterocycles. The lowest BCUT2D eigenvalue weighted by Gasteiger charge is -2.14. The molecule has 0 unspecified atom stereocenters. The molecule has 5 nitrogen and oxygen atoms in total. The summed E-state index contributed by atoms with van der Waals surface area (Å²) in [5.41, 5.74) is 9.47. The molecule has 0 saturated carbocycles. The number of anilines is 1. The van der Waals surface area contributed by atoms with E-state index in [9.17, 15) is 5.26 Å². The second-order valence-corrected chi connectivity index (χ2v) is 6.60. The zero-order chi connectivity index (χ0) is 19.4. The topological polar surface area (TPSA) is 81.2 Å². The first kappa shape index (κ1) is 18.6. The third kappa shape index (κ3) is 3.69. The summed E-state index contributed by atoms with van der Waals surface area (Å²) in [6.07, 6.45) is 2.02. The van der Waals surface area contributed by atoms with Crippen LogP contribution in [0.2, 0.25) is 0 Å². The molecule has 0 aliphatic rings. The van der Waals surface area contributed by atoms with Gasteiger partial charge in [-0.15, -0.1) is 11.8 Å². The minimum atomic E-state index is 0.184. The normalized spacial score (nSPS) is 10.3. The molecule has 0 saturated heterocycles. The van der Waals surface area contributed by atoms with E-state index < -0.39 is 0 Å². The lowest BCUT2D eigenvalue weighted by molar-refractivity contribution is 0.404. The molecule has 0 radical (unpaired) electrons. The summed E-state index contributed by atoms with van der Waals surface area (Å²) in [5, 5.41) is 9.59. The number of nitrogens with zero attached hydrogens (tertiary/aromatic N) is 2. The molecular formula is C21H19N3O2S. The molecule has 1 aromatic heterocycles. The van der Waals surface area contributed by atoms with Crippen molar-refractivity contribution >= 4 is 17.6 Å². The Hall–Kier alpha value is -3.17. The minimum Gasteiger partial charge on any atom is -0.497 e. The van der Waals surface area contributed by atoms with Gasteiger partial charge in [0.15, 0.2) is 0 Å². The highest BCUT2D eigenvalue weighted by Gasteiger charge is 2.16. The van der Waals surface area contributed by atoms with Gasteiger partial charge in [-0.3, -0.25) is 0 Å². The number of hydrogen-bond donors (Lipinski definition) is 1. The number of ether oxygens (including phenoxy) is 2. The van der Waals surface area contributed by atoms with Crippen molar-refractivity contribution in [1.29, 1.82) is 5.26 Å². The molecule has 0 amide bonds. The fourth-order valence-corrected chi connectivity index (χ4v) is 3.24. The quantitative estimate of drug-likeness (QED) is 0.654. The first-order chi connectivity index (χ1) is 13.1. The number of methoxy groups -OCH3 is 2. The molecule has 0 fully saturated rings. The number of nitrogen functional groups attached to an aromatic ring is 1. The monoisotopic (exact) mass is 377 g/mol. The van der Waals surface area contributed by atoms with Gasteiger partial charge in [-0.05, 0) is 48.2 Å². The highest BCUT2D eigenvalue weighted by molar-refractivity contribution is 7.98. The Kier molecular flexibility index (Phi) is 5.53. The van der Waals surface area contributed by atoms with Crippen molar-refractivity contribution in [3.63, 3.8) is 0 Å². The summed E-state index contributed by atoms with van der Waals surface area (Å²) in [6.45, 7) is 0. The molecule has 2 N–H and O–H groups in total. The Morgan fingerprint density at radius 1 is 1.00 bits per heavy atom. The fraction of sp³-hybridized carbons (Fsp3) is 0.143. The van der Waals surface area contributed by atoms with Crippen molar-refractivity contribution < 1.29 is 9.47 Å². The van der Waals surface area contributed by atoms with Crippen LogP contribution in [0.5, 0.6) is 11.5 Å². The van der Waals surface area contributed by atoms with Crippen molar-refractivity contribution in [2.24, 2.45) is 0 Å². The van der Waals surface area contributed by atoms with Gasteiger partial charge in [0.1, 0.15) is 28.9 Å². The zero-order valence-corrected chi connectivity index (χ0v) is 16.1. The Labute approximate surface area is 162 Å². The molecule has 6 heteroatoms. The fourth-order valence-electron chi connectivity index (χ4n) is 2.83. The van der Waals surface area contributed by atoms with Crippen molar-refractivity contribution in [1.82, 2.24) is 4.98 Å². The van der Waals surface area contributed by atoms with Crippen molar-refractivity contribution in [3.8, 4) is 40.0 Å². The van der Waals surface area contributed by atoms with Gasteiger partial charge in [0, 0.05) is 16.0 Å². The van der Waals surface area contributed by atoms with Gasteiger partial charge < -0.3 is 15.2 Å². The minimum absolute atomic E-state index is 0.184. The second-order valence-electron chi connectivity index (χ2n) is 5.72. The largest absolute Gasteiger partial charge is 0.497 e. The molecular weight excluding hydrogens is 358 g/mol. The predicted octanol–water partition coefficient (Wildman–Crippen LogP) is 4.61. The molecule has 3 rings (SSSR count). The van der Waals surface area contributed by atoms with Gasteiger partial charge in [0.05, 0.1) is 19.9 Å². The van der Waals surface area contributed by atoms with Crippen molar-refractivity contribution in [2.45, 2.75) is 4.90 Å². The van der Waals surface area contributed by atoms with Gasteiger partial charge >= 0.3 is 0 Å². The van der Waals surface area contributed by atoms with Gasteiger partial charge in [-0.1, -0.05) is 12.1 Å². The highest BCUT2D eigenvalue weighted by atomic mass is 32.2. The number of nitriles is 1. The zero-order valence-electron chi connectivity index (χ0n) is 15.3. The van der Waals surface area contributed by atoms with Gasteiger partial charge in [0.2, 0.25) is 0 Å². The summed E-state index contributed by atoms with van der Waals surface area (Å²) in [4.78, 5) is 5.58. The van der Waals surface area contributed by atoms with Crippen molar-refractivity contribution in [2.75, 3.05) is 26.2 Å². The third-order valence-electron chi connectivity index (χ3n) is 4.24. The summed E-state index contributed by atoms with van der Waals surface area (Å²) >= 11 is 1.66. The molecule has 27 heavy (non-hydrogen) atoms. The summed E-state index contributed by atoms with van der Waals surface area (Å²) in [6, 6.07) is 17.5. The molecule has 0 spiro atoms. The number of rotatable bonds is 5. The van der Waals surface area contributed by atoms with Crippen LogP contribution in [0.3, 0.4) is 0 Å². The van der Waals surface area contributed by atoms with Crippen LogP contribution >= 0.6 is 11.8 Å². The Balaban J connectivity index is 2.22. The number of thioether (sulfide) groups is 1. The first-order valence-corrected chi connectivity index (χ1v) is 9.41. The molecule has 2 aromatic carbocycles. The SMILES string of the molecule is COc1ccc(OC)c(-c2cc(-c3ccc(SC)cc3)c(C#N)c(N)n2)c1. The van der Waals surface area contributed by atoms with E-state index in [0.717, 1.165) is 21.6 Å². The van der Waals surface area contributed by atoms with E-state index >= 15 is 0 Å². The van der Waals surface area contributed by atoms with Crippen molar-refractivity contribution in [3.05, 3.63) is 54.1 Å². The highest BCUT2D eigenvalue weighted by Crippen LogP contribution is 2.37. The van der Waals surface area contributed by atoms with Crippen LogP contribution < -0.4 is 15.2 Å². The van der Waals surface area contributed by atoms with E-state index in [1.165, 1.54) is 0 Å². The smallest absolute Gasteiger partial charge is 0.142 e. The van der Waals surface area contributed by atoms with E-state index in [2.05, 4.69) is 11.1 Å². The van der Waals surface area contributed by atoms with Gasteiger partial charge in [-0.2, -0.15) is 5.26 Å². The summed E-state index contributed by atoms with van der Waals surface area (Å²) < 4.78 is 10.8. The Bertz CT molecular complexity index is 1010. The summed E-state index contributed by atoms with van der Waals surface area (Å²) in [5.74, 6) is 1.52. The van der Waals surface area contributed by atoms with Crippen LogP contribution in [-0.4, -0.2) is 25.5 Å². The van der Waals surface area contributed by atoms with E-state index in [-0.39, 0.29) is 5.82 Å². The number of pyridine rings is 1. The van der Waals surface area contributed by atoms with Crippen LogP contribution in [0, 0.1) is 11.3 Å². The molecule has 3 aromatic rings. The molecule has 0 aliphatic heterocycles. The average molecular weight is 377 g/mol.